The Morgan fingerprint density at radius 3 is 2.46 bits per heavy atom. The van der Waals surface area contributed by atoms with E-state index in [0.29, 0.717) is 11.1 Å². The lowest BCUT2D eigenvalue weighted by molar-refractivity contribution is -0.385. The fraction of sp³-hybridized carbons (Fsp3) is 0.0500. The number of primary amides is 1. The molecule has 0 fully saturated rings. The van der Waals surface area contributed by atoms with Crippen LogP contribution in [0, 0.1) is 21.4 Å². The molecule has 0 atom stereocenters. The molecule has 8 nitrogen and oxygen atoms in total. The van der Waals surface area contributed by atoms with Crippen LogP contribution >= 0.6 is 0 Å². The molecule has 1 heterocycles. The number of rotatable bonds is 5. The van der Waals surface area contributed by atoms with Crippen molar-refractivity contribution in [3.63, 3.8) is 0 Å². The number of nitro groups is 1. The highest BCUT2D eigenvalue weighted by Crippen LogP contribution is 2.23. The summed E-state index contributed by atoms with van der Waals surface area (Å²) in [7, 11) is 0. The van der Waals surface area contributed by atoms with Gasteiger partial charge in [-0.25, -0.2) is 0 Å². The van der Waals surface area contributed by atoms with Crippen LogP contribution in [0.25, 0.3) is 11.1 Å². The third-order valence-corrected chi connectivity index (χ3v) is 4.21. The summed E-state index contributed by atoms with van der Waals surface area (Å²) in [4.78, 5) is 34.2. The highest BCUT2D eigenvalue weighted by atomic mass is 16.6. The van der Waals surface area contributed by atoms with Gasteiger partial charge in [0.1, 0.15) is 5.56 Å². The molecule has 2 N–H and O–H groups in total. The maximum absolute atomic E-state index is 12.4. The fourth-order valence-electron chi connectivity index (χ4n) is 2.83. The Kier molecular flexibility index (Phi) is 5.00. The molecule has 0 radical (unpaired) electrons. The van der Waals surface area contributed by atoms with Crippen molar-refractivity contribution in [1.82, 2.24) is 4.57 Å². The average Bonchev–Trinajstić information content (AvgIpc) is 2.69. The molecule has 0 aliphatic carbocycles. The van der Waals surface area contributed by atoms with E-state index in [1.54, 1.807) is 36.4 Å². The maximum Gasteiger partial charge on any atom is 0.286 e. The van der Waals surface area contributed by atoms with Gasteiger partial charge >= 0.3 is 0 Å². The van der Waals surface area contributed by atoms with E-state index in [9.17, 15) is 25.0 Å². The third kappa shape index (κ3) is 3.64. The van der Waals surface area contributed by atoms with Crippen molar-refractivity contribution in [2.45, 2.75) is 6.54 Å². The van der Waals surface area contributed by atoms with Crippen molar-refractivity contribution in [1.29, 1.82) is 5.26 Å². The van der Waals surface area contributed by atoms with Crippen LogP contribution in [0.15, 0.2) is 65.6 Å². The molecule has 0 saturated heterocycles. The van der Waals surface area contributed by atoms with Crippen molar-refractivity contribution < 1.29 is 9.72 Å². The average molecular weight is 374 g/mol. The molecule has 3 aromatic rings. The molecule has 0 aliphatic rings. The number of amides is 1. The normalized spacial score (nSPS) is 10.2. The van der Waals surface area contributed by atoms with Crippen LogP contribution in [0.4, 0.5) is 5.69 Å². The summed E-state index contributed by atoms with van der Waals surface area (Å²) >= 11 is 0. The molecular formula is C20H14N4O4. The second-order valence-corrected chi connectivity index (χ2v) is 6.02. The van der Waals surface area contributed by atoms with Crippen molar-refractivity contribution in [2.24, 2.45) is 5.73 Å². The number of pyridine rings is 1. The third-order valence-electron chi connectivity index (χ3n) is 4.21. The summed E-state index contributed by atoms with van der Waals surface area (Å²) in [5.41, 5.74) is 6.46. The zero-order valence-electron chi connectivity index (χ0n) is 14.5. The molecular weight excluding hydrogens is 360 g/mol. The van der Waals surface area contributed by atoms with Gasteiger partial charge in [0.05, 0.1) is 29.3 Å². The monoisotopic (exact) mass is 374 g/mol. The van der Waals surface area contributed by atoms with Gasteiger partial charge in [0.25, 0.3) is 17.2 Å². The highest BCUT2D eigenvalue weighted by molar-refractivity contribution is 5.92. The van der Waals surface area contributed by atoms with Crippen LogP contribution in [0.5, 0.6) is 0 Å². The standard InChI is InChI=1S/C20H14N4O4/c21-10-15-3-1-2-4-17(15)14-7-5-13(6-8-14)11-23-12-16(24(27)28)9-18(19(22)25)20(23)26/h1-9,12H,11H2,(H2,22,25). The lowest BCUT2D eigenvalue weighted by Crippen LogP contribution is -2.30. The summed E-state index contributed by atoms with van der Waals surface area (Å²) in [5, 5.41) is 20.3. The summed E-state index contributed by atoms with van der Waals surface area (Å²) in [6.45, 7) is 0.0287. The van der Waals surface area contributed by atoms with Gasteiger partial charge in [0.2, 0.25) is 0 Å². The van der Waals surface area contributed by atoms with Gasteiger partial charge in [-0.3, -0.25) is 19.7 Å². The van der Waals surface area contributed by atoms with Crippen LogP contribution in [-0.4, -0.2) is 15.4 Å². The number of benzene rings is 2. The number of carbonyl (C=O) groups excluding carboxylic acids is 1. The van der Waals surface area contributed by atoms with Gasteiger partial charge in [-0.15, -0.1) is 0 Å². The van der Waals surface area contributed by atoms with Gasteiger partial charge in [0, 0.05) is 6.07 Å². The number of carbonyl (C=O) groups is 1. The van der Waals surface area contributed by atoms with E-state index in [0.717, 1.165) is 28.0 Å². The van der Waals surface area contributed by atoms with Crippen molar-refractivity contribution in [2.75, 3.05) is 0 Å². The predicted molar refractivity (Wildman–Crippen MR) is 102 cm³/mol. The summed E-state index contributed by atoms with van der Waals surface area (Å²) in [6, 6.07) is 17.3. The van der Waals surface area contributed by atoms with E-state index >= 15 is 0 Å². The fourth-order valence-corrected chi connectivity index (χ4v) is 2.83. The number of hydrogen-bond acceptors (Lipinski definition) is 5. The highest BCUT2D eigenvalue weighted by Gasteiger charge is 2.17. The van der Waals surface area contributed by atoms with E-state index in [4.69, 9.17) is 5.73 Å². The second-order valence-electron chi connectivity index (χ2n) is 6.02. The topological polar surface area (TPSA) is 132 Å². The van der Waals surface area contributed by atoms with Gasteiger partial charge in [-0.05, 0) is 22.8 Å². The van der Waals surface area contributed by atoms with E-state index in [-0.39, 0.29) is 6.54 Å². The van der Waals surface area contributed by atoms with Crippen LogP contribution in [0.3, 0.4) is 0 Å². The van der Waals surface area contributed by atoms with Crippen LogP contribution in [-0.2, 0) is 6.54 Å². The largest absolute Gasteiger partial charge is 0.365 e. The SMILES string of the molecule is N#Cc1ccccc1-c1ccc(Cn2cc([N+](=O)[O-])cc(C(N)=O)c2=O)cc1. The van der Waals surface area contributed by atoms with Crippen molar-refractivity contribution in [3.05, 3.63) is 98.0 Å². The summed E-state index contributed by atoms with van der Waals surface area (Å²) in [5.74, 6) is -1.02. The Bertz CT molecular complexity index is 1170. The Labute approximate surface area is 159 Å². The van der Waals surface area contributed by atoms with Crippen LogP contribution in [0.2, 0.25) is 0 Å². The minimum absolute atomic E-state index is 0.0287. The smallest absolute Gasteiger partial charge is 0.286 e. The number of nitrogens with two attached hydrogens (primary N) is 1. The molecule has 138 valence electrons. The van der Waals surface area contributed by atoms with E-state index in [1.165, 1.54) is 0 Å². The number of hydrogen-bond donors (Lipinski definition) is 1. The molecule has 1 aromatic heterocycles. The van der Waals surface area contributed by atoms with E-state index in [1.807, 2.05) is 12.1 Å². The first kappa shape index (κ1) is 18.5. The predicted octanol–water partition coefficient (Wildman–Crippen LogP) is 2.44. The molecule has 8 heteroatoms. The summed E-state index contributed by atoms with van der Waals surface area (Å²) < 4.78 is 1.08. The minimum atomic E-state index is -1.02. The number of aromatic nitrogens is 1. The Hall–Kier alpha value is -4.25. The number of nitrogens with zero attached hydrogens (tertiary/aromatic N) is 3. The maximum atomic E-state index is 12.4. The molecule has 0 aliphatic heterocycles. The van der Waals surface area contributed by atoms with Crippen LogP contribution < -0.4 is 11.3 Å². The van der Waals surface area contributed by atoms with Gasteiger partial charge in [-0.2, -0.15) is 5.26 Å². The molecule has 0 saturated carbocycles. The molecule has 3 rings (SSSR count). The lowest BCUT2D eigenvalue weighted by Gasteiger charge is -2.09. The first-order valence-corrected chi connectivity index (χ1v) is 8.18. The lowest BCUT2D eigenvalue weighted by atomic mass is 9.99. The first-order chi connectivity index (χ1) is 13.4. The zero-order valence-corrected chi connectivity index (χ0v) is 14.5. The number of nitriles is 1. The van der Waals surface area contributed by atoms with Gasteiger partial charge in [0.15, 0.2) is 0 Å². The molecule has 1 amide bonds. The minimum Gasteiger partial charge on any atom is -0.365 e. The van der Waals surface area contributed by atoms with Gasteiger partial charge in [-0.1, -0.05) is 42.5 Å². The Morgan fingerprint density at radius 2 is 1.86 bits per heavy atom. The Balaban J connectivity index is 1.97. The van der Waals surface area contributed by atoms with E-state index < -0.39 is 27.6 Å². The van der Waals surface area contributed by atoms with Crippen LogP contribution in [0.1, 0.15) is 21.5 Å². The first-order valence-electron chi connectivity index (χ1n) is 8.18. The molecule has 28 heavy (non-hydrogen) atoms. The molecule has 0 unspecified atom stereocenters. The second kappa shape index (κ2) is 7.55. The zero-order chi connectivity index (χ0) is 20.3. The van der Waals surface area contributed by atoms with Crippen molar-refractivity contribution in [3.8, 4) is 17.2 Å². The van der Waals surface area contributed by atoms with Crippen molar-refractivity contribution >= 4 is 11.6 Å². The molecule has 0 spiro atoms. The quantitative estimate of drug-likeness (QED) is 0.541. The Morgan fingerprint density at radius 1 is 1.18 bits per heavy atom. The van der Waals surface area contributed by atoms with E-state index in [2.05, 4.69) is 6.07 Å². The van der Waals surface area contributed by atoms with Gasteiger partial charge < -0.3 is 10.3 Å². The molecule has 2 aromatic carbocycles. The summed E-state index contributed by atoms with van der Waals surface area (Å²) in [6.07, 6.45) is 1.08. The molecule has 0 bridgehead atoms.